The summed E-state index contributed by atoms with van der Waals surface area (Å²) in [5.41, 5.74) is 3.15. The van der Waals surface area contributed by atoms with Crippen LogP contribution >= 0.6 is 15.9 Å². The summed E-state index contributed by atoms with van der Waals surface area (Å²) in [7, 11) is -4.10. The molecule has 0 heterocycles. The van der Waals surface area contributed by atoms with E-state index in [1.807, 2.05) is 58.9 Å². The minimum atomic E-state index is -4.10. The third-order valence-corrected chi connectivity index (χ3v) is 8.99. The Hall–Kier alpha value is -3.17. The Balaban J connectivity index is 2.05. The van der Waals surface area contributed by atoms with E-state index in [9.17, 15) is 18.0 Å². The summed E-state index contributed by atoms with van der Waals surface area (Å²) in [5, 5.41) is 2.95. The van der Waals surface area contributed by atoms with Gasteiger partial charge in [0.1, 0.15) is 12.6 Å². The molecule has 3 rings (SSSR count). The molecular weight excluding hydrogens is 590 g/mol. The van der Waals surface area contributed by atoms with E-state index >= 15 is 0 Å². The van der Waals surface area contributed by atoms with Crippen molar-refractivity contribution in [2.24, 2.45) is 5.92 Å². The van der Waals surface area contributed by atoms with Gasteiger partial charge in [-0.1, -0.05) is 78.7 Å². The minimum absolute atomic E-state index is 0.0843. The van der Waals surface area contributed by atoms with Crippen LogP contribution in [0.3, 0.4) is 0 Å². The van der Waals surface area contributed by atoms with Crippen molar-refractivity contribution >= 4 is 43.5 Å². The van der Waals surface area contributed by atoms with Crippen LogP contribution < -0.4 is 9.62 Å². The number of amides is 2. The smallest absolute Gasteiger partial charge is 0.264 e. The highest BCUT2D eigenvalue weighted by Crippen LogP contribution is 2.27. The molecule has 0 aliphatic carbocycles. The molecule has 0 fully saturated rings. The first kappa shape index (κ1) is 31.4. The molecule has 1 N–H and O–H groups in total. The lowest BCUT2D eigenvalue weighted by Gasteiger charge is -2.33. The van der Waals surface area contributed by atoms with Gasteiger partial charge in [-0.15, -0.1) is 0 Å². The molecule has 0 saturated heterocycles. The molecule has 2 amide bonds. The third-order valence-electron chi connectivity index (χ3n) is 6.67. The molecule has 1 unspecified atom stereocenters. The van der Waals surface area contributed by atoms with Crippen molar-refractivity contribution < 1.29 is 18.0 Å². The Bertz CT molecular complexity index is 1410. The van der Waals surface area contributed by atoms with Gasteiger partial charge in [0.25, 0.3) is 10.0 Å². The van der Waals surface area contributed by atoms with Gasteiger partial charge >= 0.3 is 0 Å². The van der Waals surface area contributed by atoms with E-state index in [0.29, 0.717) is 18.7 Å². The molecule has 0 radical (unpaired) electrons. The van der Waals surface area contributed by atoms with Gasteiger partial charge in [-0.2, -0.15) is 0 Å². The van der Waals surface area contributed by atoms with Gasteiger partial charge < -0.3 is 10.2 Å². The van der Waals surface area contributed by atoms with Gasteiger partial charge in [0, 0.05) is 17.6 Å². The molecule has 0 bridgehead atoms. The molecule has 9 heteroatoms. The number of hydrogen-bond acceptors (Lipinski definition) is 4. The van der Waals surface area contributed by atoms with Crippen LogP contribution in [0.1, 0.15) is 43.9 Å². The first-order chi connectivity index (χ1) is 18.9. The molecule has 1 atom stereocenters. The van der Waals surface area contributed by atoms with Gasteiger partial charge in [-0.3, -0.25) is 13.9 Å². The van der Waals surface area contributed by atoms with Crippen molar-refractivity contribution in [1.82, 2.24) is 10.2 Å². The number of halogens is 1. The van der Waals surface area contributed by atoms with E-state index in [0.717, 1.165) is 25.5 Å². The quantitative estimate of drug-likeness (QED) is 0.273. The lowest BCUT2D eigenvalue weighted by molar-refractivity contribution is -0.140. The molecule has 0 aromatic heterocycles. The monoisotopic (exact) mass is 627 g/mol. The largest absolute Gasteiger partial charge is 0.354 e. The molecule has 3 aromatic rings. The standard InChI is InChI=1S/C31H38BrN3O4S/c1-6-29(31(37)33-19-22(2)3)34(20-25-10-8-7-9-24(25)5)30(36)21-35(27-15-13-26(32)14-16-27)40(38,39)28-17-11-23(4)12-18-28/h7-18,22,29H,6,19-21H2,1-5H3,(H,33,37). The first-order valence-electron chi connectivity index (χ1n) is 13.4. The zero-order valence-corrected chi connectivity index (χ0v) is 26.1. The third kappa shape index (κ3) is 7.95. The van der Waals surface area contributed by atoms with Crippen LogP contribution in [-0.2, 0) is 26.2 Å². The lowest BCUT2D eigenvalue weighted by Crippen LogP contribution is -2.52. The highest BCUT2D eigenvalue weighted by atomic mass is 79.9. The number of carbonyl (C=O) groups is 2. The highest BCUT2D eigenvalue weighted by Gasteiger charge is 2.33. The zero-order valence-electron chi connectivity index (χ0n) is 23.7. The van der Waals surface area contributed by atoms with Crippen LogP contribution in [0.15, 0.2) is 82.2 Å². The topological polar surface area (TPSA) is 86.8 Å². The average Bonchev–Trinajstić information content (AvgIpc) is 2.92. The fourth-order valence-electron chi connectivity index (χ4n) is 4.29. The SMILES string of the molecule is CCC(C(=O)NCC(C)C)N(Cc1ccccc1C)C(=O)CN(c1ccc(Br)cc1)S(=O)(=O)c1ccc(C)cc1. The number of nitrogens with zero attached hydrogens (tertiary/aromatic N) is 2. The second-order valence-corrected chi connectivity index (χ2v) is 13.1. The number of hydrogen-bond donors (Lipinski definition) is 1. The van der Waals surface area contributed by atoms with Crippen molar-refractivity contribution in [3.8, 4) is 0 Å². The van der Waals surface area contributed by atoms with Gasteiger partial charge in [0.15, 0.2) is 0 Å². The molecule has 0 aliphatic rings. The maximum atomic E-state index is 14.1. The second-order valence-electron chi connectivity index (χ2n) is 10.3. The normalized spacial score (nSPS) is 12.2. The summed E-state index contributed by atoms with van der Waals surface area (Å²) in [4.78, 5) is 29.0. The number of benzene rings is 3. The number of aryl methyl sites for hydroxylation is 2. The minimum Gasteiger partial charge on any atom is -0.354 e. The zero-order chi connectivity index (χ0) is 29.4. The molecule has 0 saturated carbocycles. The van der Waals surface area contributed by atoms with E-state index in [1.165, 1.54) is 4.90 Å². The number of rotatable bonds is 12. The van der Waals surface area contributed by atoms with Crippen LogP contribution in [-0.4, -0.2) is 44.3 Å². The molecule has 0 aliphatic heterocycles. The lowest BCUT2D eigenvalue weighted by atomic mass is 10.1. The predicted octanol–water partition coefficient (Wildman–Crippen LogP) is 5.84. The maximum Gasteiger partial charge on any atom is 0.264 e. The van der Waals surface area contributed by atoms with E-state index in [2.05, 4.69) is 21.2 Å². The number of carbonyl (C=O) groups excluding carboxylic acids is 2. The highest BCUT2D eigenvalue weighted by molar-refractivity contribution is 9.10. The molecule has 214 valence electrons. The number of nitrogens with one attached hydrogen (secondary N) is 1. The van der Waals surface area contributed by atoms with Crippen molar-refractivity contribution in [3.05, 3.63) is 94.0 Å². The molecular formula is C31H38BrN3O4S. The summed E-state index contributed by atoms with van der Waals surface area (Å²) in [6.45, 7) is 9.89. The Morgan fingerprint density at radius 3 is 2.12 bits per heavy atom. The fraction of sp³-hybridized carbons (Fsp3) is 0.355. The fourth-order valence-corrected chi connectivity index (χ4v) is 5.97. The van der Waals surface area contributed by atoms with Crippen LogP contribution in [0.4, 0.5) is 5.69 Å². The Kier molecular flexibility index (Phi) is 10.9. The summed E-state index contributed by atoms with van der Waals surface area (Å²) in [6, 6.07) is 20.2. The maximum absolute atomic E-state index is 14.1. The van der Waals surface area contributed by atoms with Crippen LogP contribution in [0.5, 0.6) is 0 Å². The van der Waals surface area contributed by atoms with Crippen LogP contribution in [0.25, 0.3) is 0 Å². The van der Waals surface area contributed by atoms with Crippen LogP contribution in [0.2, 0.25) is 0 Å². The number of sulfonamides is 1. The molecule has 40 heavy (non-hydrogen) atoms. The van der Waals surface area contributed by atoms with Gasteiger partial charge in [-0.25, -0.2) is 8.42 Å². The predicted molar refractivity (Wildman–Crippen MR) is 164 cm³/mol. The average molecular weight is 629 g/mol. The number of anilines is 1. The van der Waals surface area contributed by atoms with Crippen molar-refractivity contribution in [3.63, 3.8) is 0 Å². The Labute approximate surface area is 246 Å². The van der Waals surface area contributed by atoms with E-state index in [4.69, 9.17) is 0 Å². The summed E-state index contributed by atoms with van der Waals surface area (Å²) in [6.07, 6.45) is 0.380. The van der Waals surface area contributed by atoms with E-state index in [1.54, 1.807) is 48.5 Å². The summed E-state index contributed by atoms with van der Waals surface area (Å²) < 4.78 is 29.7. The molecule has 0 spiro atoms. The van der Waals surface area contributed by atoms with Crippen molar-refractivity contribution in [2.75, 3.05) is 17.4 Å². The van der Waals surface area contributed by atoms with Crippen molar-refractivity contribution in [2.45, 2.75) is 58.5 Å². The van der Waals surface area contributed by atoms with Gasteiger partial charge in [-0.05, 0) is 73.7 Å². The molecule has 7 nitrogen and oxygen atoms in total. The second kappa shape index (κ2) is 13.9. The molecule has 3 aromatic carbocycles. The van der Waals surface area contributed by atoms with Crippen molar-refractivity contribution in [1.29, 1.82) is 0 Å². The van der Waals surface area contributed by atoms with E-state index < -0.39 is 28.5 Å². The summed E-state index contributed by atoms with van der Waals surface area (Å²) in [5.74, 6) is -0.474. The Morgan fingerprint density at radius 2 is 1.55 bits per heavy atom. The van der Waals surface area contributed by atoms with Crippen LogP contribution in [0, 0.1) is 19.8 Å². The Morgan fingerprint density at radius 1 is 0.925 bits per heavy atom. The summed E-state index contributed by atoms with van der Waals surface area (Å²) >= 11 is 3.40. The van der Waals surface area contributed by atoms with Gasteiger partial charge in [0.05, 0.1) is 10.6 Å². The first-order valence-corrected chi connectivity index (χ1v) is 15.6. The van der Waals surface area contributed by atoms with E-state index in [-0.39, 0.29) is 23.3 Å². The van der Waals surface area contributed by atoms with Gasteiger partial charge in [0.2, 0.25) is 11.8 Å².